The van der Waals surface area contributed by atoms with E-state index in [2.05, 4.69) is 22.4 Å². The van der Waals surface area contributed by atoms with Crippen LogP contribution in [0.15, 0.2) is 83.9 Å². The Bertz CT molecular complexity index is 2090. The number of hydrogen-bond acceptors (Lipinski definition) is 5. The van der Waals surface area contributed by atoms with Crippen LogP contribution in [0.5, 0.6) is 0 Å². The zero-order valence-corrected chi connectivity index (χ0v) is 25.6. The Kier molecular flexibility index (Phi) is 8.05. The molecule has 11 heteroatoms. The van der Waals surface area contributed by atoms with E-state index in [-0.39, 0.29) is 22.5 Å². The first kappa shape index (κ1) is 30.3. The molecule has 0 radical (unpaired) electrons. The number of pyridine rings is 1. The number of halogens is 2. The summed E-state index contributed by atoms with van der Waals surface area (Å²) in [5.41, 5.74) is 3.47. The number of unbranched alkanes of at least 4 members (excludes halogenated alkanes) is 1. The van der Waals surface area contributed by atoms with Gasteiger partial charge in [0.2, 0.25) is 5.91 Å². The fourth-order valence-corrected chi connectivity index (χ4v) is 6.89. The van der Waals surface area contributed by atoms with Crippen LogP contribution in [-0.2, 0) is 33.9 Å². The summed E-state index contributed by atoms with van der Waals surface area (Å²) in [7, 11) is -1.81. The average molecular weight is 631 g/mol. The molecule has 0 spiro atoms. The number of carbonyl (C=O) groups excluding carboxylic acids is 1. The van der Waals surface area contributed by atoms with Crippen molar-refractivity contribution in [2.75, 3.05) is 17.7 Å². The number of aromatic amines is 1. The lowest BCUT2D eigenvalue weighted by molar-refractivity contribution is -0.122. The zero-order chi connectivity index (χ0) is 31.9. The second-order valence-corrected chi connectivity index (χ2v) is 13.6. The summed E-state index contributed by atoms with van der Waals surface area (Å²) in [4.78, 5) is 31.9. The monoisotopic (exact) mass is 630 g/mol. The number of aromatic nitrogens is 2. The highest BCUT2D eigenvalue weighted by Crippen LogP contribution is 2.49. The Morgan fingerprint density at radius 2 is 1.71 bits per heavy atom. The standard InChI is InChI=1S/C34H32F2N4O4S/c1-39-19-26-24-16-22(20-45(2,43)44)11-13-28(24)40(29-14-12-23(35)17-27(29)36)32(25-18-38-31(30(25)26)34(39)42)33(41)37-15-7-6-10-21-8-4-3-5-9-21/h3-5,8-9,11-14,16-19,32,38H,6-7,10,15,20H2,1-2H3,(H,37,41). The maximum absolute atomic E-state index is 15.6. The number of nitrogens with one attached hydrogen (secondary N) is 2. The molecular formula is C34H32F2N4O4S. The molecule has 3 aromatic carbocycles. The number of nitrogens with zero attached hydrogens (tertiary/aromatic N) is 2. The predicted octanol–water partition coefficient (Wildman–Crippen LogP) is 5.69. The molecule has 1 atom stereocenters. The third-order valence-corrected chi connectivity index (χ3v) is 8.94. The first-order chi connectivity index (χ1) is 21.5. The topological polar surface area (TPSA) is 104 Å². The Morgan fingerprint density at radius 1 is 0.956 bits per heavy atom. The van der Waals surface area contributed by atoms with Crippen molar-refractivity contribution in [1.82, 2.24) is 14.9 Å². The third-order valence-electron chi connectivity index (χ3n) is 8.08. The number of hydrogen-bond donors (Lipinski definition) is 2. The molecular weight excluding hydrogens is 598 g/mol. The molecule has 1 amide bonds. The van der Waals surface area contributed by atoms with E-state index in [4.69, 9.17) is 0 Å². The number of carbonyl (C=O) groups is 1. The van der Waals surface area contributed by atoms with Crippen molar-refractivity contribution in [1.29, 1.82) is 0 Å². The van der Waals surface area contributed by atoms with E-state index in [0.29, 0.717) is 46.3 Å². The molecule has 0 fully saturated rings. The lowest BCUT2D eigenvalue weighted by Crippen LogP contribution is -2.39. The van der Waals surface area contributed by atoms with Crippen LogP contribution in [0, 0.1) is 11.6 Å². The zero-order valence-electron chi connectivity index (χ0n) is 24.8. The van der Waals surface area contributed by atoms with Gasteiger partial charge >= 0.3 is 0 Å². The van der Waals surface area contributed by atoms with Crippen molar-refractivity contribution in [2.24, 2.45) is 7.05 Å². The lowest BCUT2D eigenvalue weighted by atomic mass is 9.98. The van der Waals surface area contributed by atoms with Crippen LogP contribution in [0.2, 0.25) is 0 Å². The maximum atomic E-state index is 15.6. The van der Waals surface area contributed by atoms with Crippen LogP contribution in [-0.4, -0.2) is 36.7 Å². The summed E-state index contributed by atoms with van der Waals surface area (Å²) < 4.78 is 55.6. The van der Waals surface area contributed by atoms with E-state index in [0.717, 1.165) is 31.2 Å². The second-order valence-electron chi connectivity index (χ2n) is 11.5. The molecule has 2 aromatic heterocycles. The average Bonchev–Trinajstić information content (AvgIpc) is 3.38. The molecule has 45 heavy (non-hydrogen) atoms. The quantitative estimate of drug-likeness (QED) is 0.204. The first-order valence-electron chi connectivity index (χ1n) is 14.6. The normalized spacial score (nSPS) is 14.3. The van der Waals surface area contributed by atoms with Gasteiger partial charge in [-0.2, -0.15) is 0 Å². The van der Waals surface area contributed by atoms with Crippen LogP contribution >= 0.6 is 0 Å². The van der Waals surface area contributed by atoms with Crippen molar-refractivity contribution in [3.05, 3.63) is 118 Å². The van der Waals surface area contributed by atoms with E-state index in [1.54, 1.807) is 37.6 Å². The number of H-pyrrole nitrogens is 1. The largest absolute Gasteiger partial charge is 0.356 e. The van der Waals surface area contributed by atoms with Gasteiger partial charge in [0.25, 0.3) is 5.56 Å². The molecule has 0 aliphatic carbocycles. The minimum Gasteiger partial charge on any atom is -0.356 e. The molecule has 232 valence electrons. The first-order valence-corrected chi connectivity index (χ1v) is 16.7. The van der Waals surface area contributed by atoms with Gasteiger partial charge in [-0.05, 0) is 54.7 Å². The van der Waals surface area contributed by atoms with Gasteiger partial charge in [0.05, 0.1) is 17.1 Å². The molecule has 6 rings (SSSR count). The molecule has 1 aliphatic rings. The molecule has 0 saturated heterocycles. The number of amides is 1. The van der Waals surface area contributed by atoms with Crippen molar-refractivity contribution >= 4 is 38.0 Å². The summed E-state index contributed by atoms with van der Waals surface area (Å²) >= 11 is 0. The minimum atomic E-state index is -3.40. The van der Waals surface area contributed by atoms with Crippen molar-refractivity contribution in [3.63, 3.8) is 0 Å². The number of rotatable bonds is 9. The molecule has 0 saturated carbocycles. The molecule has 1 aliphatic heterocycles. The summed E-state index contributed by atoms with van der Waals surface area (Å²) in [5.74, 6) is -2.33. The highest BCUT2D eigenvalue weighted by atomic mass is 32.2. The van der Waals surface area contributed by atoms with Gasteiger partial charge in [0.1, 0.15) is 23.2 Å². The smallest absolute Gasteiger partial charge is 0.274 e. The van der Waals surface area contributed by atoms with Gasteiger partial charge in [-0.3, -0.25) is 9.59 Å². The summed E-state index contributed by atoms with van der Waals surface area (Å²) in [6, 6.07) is 17.0. The number of anilines is 2. The van der Waals surface area contributed by atoms with Crippen molar-refractivity contribution in [2.45, 2.75) is 31.1 Å². The predicted molar refractivity (Wildman–Crippen MR) is 171 cm³/mol. The van der Waals surface area contributed by atoms with Crippen molar-refractivity contribution in [3.8, 4) is 11.1 Å². The number of fused-ring (bicyclic) bond motifs is 2. The maximum Gasteiger partial charge on any atom is 0.274 e. The molecule has 0 bridgehead atoms. The highest BCUT2D eigenvalue weighted by Gasteiger charge is 2.38. The SMILES string of the molecule is Cn1cc2c3c(c[nH]c3c1=O)C(C(=O)NCCCCc1ccccc1)N(c1ccc(F)cc1F)c1ccc(CS(C)(=O)=O)cc1-2. The van der Waals surface area contributed by atoms with E-state index < -0.39 is 33.4 Å². The van der Waals surface area contributed by atoms with E-state index in [1.165, 1.54) is 21.1 Å². The minimum absolute atomic E-state index is 0.0494. The molecule has 3 heterocycles. The molecule has 8 nitrogen and oxygen atoms in total. The lowest BCUT2D eigenvalue weighted by Gasteiger charge is -2.33. The van der Waals surface area contributed by atoms with Gasteiger partial charge in [-0.1, -0.05) is 36.4 Å². The number of sulfone groups is 1. The highest BCUT2D eigenvalue weighted by molar-refractivity contribution is 7.89. The van der Waals surface area contributed by atoms with Crippen LogP contribution in [0.4, 0.5) is 20.2 Å². The van der Waals surface area contributed by atoms with Crippen LogP contribution in [0.1, 0.15) is 35.6 Å². The third kappa shape index (κ3) is 6.00. The van der Waals surface area contributed by atoms with Gasteiger partial charge < -0.3 is 19.8 Å². The molecule has 1 unspecified atom stereocenters. The Morgan fingerprint density at radius 3 is 2.44 bits per heavy atom. The Labute approximate surface area is 259 Å². The van der Waals surface area contributed by atoms with E-state index in [9.17, 15) is 22.4 Å². The van der Waals surface area contributed by atoms with Gasteiger partial charge in [0.15, 0.2) is 9.84 Å². The van der Waals surface area contributed by atoms with E-state index in [1.807, 2.05) is 18.2 Å². The van der Waals surface area contributed by atoms with Crippen LogP contribution in [0.25, 0.3) is 22.0 Å². The van der Waals surface area contributed by atoms with Crippen LogP contribution < -0.4 is 15.8 Å². The molecule has 5 aromatic rings. The van der Waals surface area contributed by atoms with Gasteiger partial charge in [-0.15, -0.1) is 0 Å². The Hall–Kier alpha value is -4.77. The summed E-state index contributed by atoms with van der Waals surface area (Å²) in [6.07, 6.45) is 6.73. The van der Waals surface area contributed by atoms with Gasteiger partial charge in [-0.25, -0.2) is 17.2 Å². The fourth-order valence-electron chi connectivity index (χ4n) is 6.10. The van der Waals surface area contributed by atoms with E-state index >= 15 is 4.39 Å². The van der Waals surface area contributed by atoms with Crippen molar-refractivity contribution < 1.29 is 22.0 Å². The molecule has 2 N–H and O–H groups in total. The summed E-state index contributed by atoms with van der Waals surface area (Å²) in [6.45, 7) is 0.360. The second kappa shape index (κ2) is 12.0. The number of aryl methyl sites for hydroxylation is 2. The van der Waals surface area contributed by atoms with Gasteiger partial charge in [0, 0.05) is 60.4 Å². The fraction of sp³-hybridized carbons (Fsp3) is 0.235. The van der Waals surface area contributed by atoms with Crippen LogP contribution in [0.3, 0.4) is 0 Å². The Balaban J connectivity index is 1.48. The summed E-state index contributed by atoms with van der Waals surface area (Å²) in [5, 5.41) is 3.48. The number of benzene rings is 3.